The lowest BCUT2D eigenvalue weighted by Crippen LogP contribution is -2.47. The highest BCUT2D eigenvalue weighted by molar-refractivity contribution is 7.45. The minimum absolute atomic E-state index is 0.0267. The van der Waals surface area contributed by atoms with E-state index in [1.807, 2.05) is 33.3 Å². The molecule has 522 valence electrons. The van der Waals surface area contributed by atoms with Crippen LogP contribution in [-0.4, -0.2) is 69.4 Å². The van der Waals surface area contributed by atoms with Gasteiger partial charge < -0.3 is 28.5 Å². The molecule has 0 saturated heterocycles. The third kappa shape index (κ3) is 69.3. The first-order chi connectivity index (χ1) is 43.9. The maximum atomic E-state index is 13.6. The van der Waals surface area contributed by atoms with Crippen LogP contribution in [0.5, 0.6) is 0 Å². The lowest BCUT2D eigenvalue weighted by Gasteiger charge is -2.30. The number of carbonyl (C=O) groups is 2. The van der Waals surface area contributed by atoms with Gasteiger partial charge >= 0.3 is 5.97 Å². The Kier molecular flexibility index (Phi) is 66.4. The van der Waals surface area contributed by atoms with Crippen LogP contribution in [-0.2, 0) is 27.9 Å². The number of nitrogens with one attached hydrogen (secondary N) is 1. The van der Waals surface area contributed by atoms with E-state index in [1.165, 1.54) is 205 Å². The predicted molar refractivity (Wildman–Crippen MR) is 390 cm³/mol. The molecule has 0 aromatic heterocycles. The minimum atomic E-state index is -4.71. The van der Waals surface area contributed by atoms with Crippen molar-refractivity contribution in [1.82, 2.24) is 5.32 Å². The topological polar surface area (TPSA) is 114 Å². The van der Waals surface area contributed by atoms with Gasteiger partial charge in [-0.1, -0.05) is 324 Å². The van der Waals surface area contributed by atoms with Gasteiger partial charge in [0.25, 0.3) is 7.82 Å². The molecule has 1 amide bonds. The average molecular weight is 1280 g/mol. The Hall–Kier alpha value is -3.07. The Morgan fingerprint density at radius 3 is 1.08 bits per heavy atom. The summed E-state index contributed by atoms with van der Waals surface area (Å²) in [5, 5.41) is 3.05. The van der Waals surface area contributed by atoms with Crippen molar-refractivity contribution in [3.05, 3.63) is 97.2 Å². The van der Waals surface area contributed by atoms with E-state index in [4.69, 9.17) is 13.8 Å². The van der Waals surface area contributed by atoms with Gasteiger partial charge in [0.05, 0.1) is 33.8 Å². The van der Waals surface area contributed by atoms with Crippen LogP contribution in [0.2, 0.25) is 0 Å². The Labute approximate surface area is 558 Å². The van der Waals surface area contributed by atoms with Gasteiger partial charge in [0.15, 0.2) is 0 Å². The number of phosphoric acid groups is 1. The maximum Gasteiger partial charge on any atom is 0.306 e. The van der Waals surface area contributed by atoms with E-state index in [9.17, 15) is 19.0 Å². The molecule has 3 atom stereocenters. The number of ether oxygens (including phenoxy) is 1. The number of likely N-dealkylation sites (N-methyl/N-ethyl adjacent to an activating group) is 1. The first kappa shape index (κ1) is 86.9. The molecule has 3 unspecified atom stereocenters. The summed E-state index contributed by atoms with van der Waals surface area (Å²) in [5.41, 5.74) is 0. The molecule has 0 rings (SSSR count). The third-order valence-corrected chi connectivity index (χ3v) is 17.7. The summed E-state index contributed by atoms with van der Waals surface area (Å²) in [6.45, 7) is 6.75. The van der Waals surface area contributed by atoms with Gasteiger partial charge in [0.2, 0.25) is 5.91 Å². The van der Waals surface area contributed by atoms with E-state index in [0.29, 0.717) is 17.4 Å². The SMILES string of the molecule is CC/C=C\C/C=C\C/C=C\C/C=C\C/C=C\C/C=C\CCCCCCCCCCC(=O)NC(COP(=O)([O-])OCC[N+](C)(C)C)C(/C=C/CCCCCCCCCCCC)OC(=O)CCCCCCCCCCCCCCCCC/C=C/CCCCCCCC. The fourth-order valence-corrected chi connectivity index (χ4v) is 11.7. The summed E-state index contributed by atoms with van der Waals surface area (Å²) >= 11 is 0. The number of carbonyl (C=O) groups excluding carboxylic acids is 2. The summed E-state index contributed by atoms with van der Waals surface area (Å²) in [6.07, 6.45) is 94.0. The molecule has 0 aliphatic carbocycles. The zero-order valence-corrected chi connectivity index (χ0v) is 60.7. The number of hydrogen-bond donors (Lipinski definition) is 1. The number of allylic oxidation sites excluding steroid dienone is 15. The van der Waals surface area contributed by atoms with Crippen molar-refractivity contribution in [2.45, 2.75) is 360 Å². The molecule has 0 aliphatic rings. The van der Waals surface area contributed by atoms with Crippen molar-refractivity contribution in [3.8, 4) is 0 Å². The van der Waals surface area contributed by atoms with Crippen LogP contribution in [0.15, 0.2) is 97.2 Å². The quantitative estimate of drug-likeness (QED) is 0.0212. The lowest BCUT2D eigenvalue weighted by molar-refractivity contribution is -0.870. The molecule has 0 heterocycles. The van der Waals surface area contributed by atoms with Gasteiger partial charge in [0.1, 0.15) is 19.3 Å². The molecular weight excluding hydrogens is 1130 g/mol. The van der Waals surface area contributed by atoms with Crippen molar-refractivity contribution in [2.75, 3.05) is 40.9 Å². The van der Waals surface area contributed by atoms with Gasteiger partial charge in [-0.3, -0.25) is 14.2 Å². The number of hydrogen-bond acceptors (Lipinski definition) is 7. The molecule has 0 bridgehead atoms. The number of esters is 1. The normalized spacial score (nSPS) is 14.0. The summed E-state index contributed by atoms with van der Waals surface area (Å²) in [6, 6.07) is -0.899. The second kappa shape index (κ2) is 68.8. The highest BCUT2D eigenvalue weighted by Gasteiger charge is 2.27. The van der Waals surface area contributed by atoms with Crippen LogP contribution in [0.25, 0.3) is 0 Å². The van der Waals surface area contributed by atoms with E-state index >= 15 is 0 Å². The molecule has 0 saturated carbocycles. The van der Waals surface area contributed by atoms with Crippen molar-refractivity contribution >= 4 is 19.7 Å². The smallest absolute Gasteiger partial charge is 0.306 e. The van der Waals surface area contributed by atoms with Gasteiger partial charge in [-0.2, -0.15) is 0 Å². The molecule has 0 aromatic rings. The lowest BCUT2D eigenvalue weighted by atomic mass is 10.0. The molecule has 0 fully saturated rings. The summed E-state index contributed by atoms with van der Waals surface area (Å²) < 4.78 is 30.5. The van der Waals surface area contributed by atoms with Crippen molar-refractivity contribution in [1.29, 1.82) is 0 Å². The largest absolute Gasteiger partial charge is 0.756 e. The van der Waals surface area contributed by atoms with Crippen LogP contribution in [0.3, 0.4) is 0 Å². The van der Waals surface area contributed by atoms with Gasteiger partial charge in [-0.15, -0.1) is 0 Å². The maximum absolute atomic E-state index is 13.6. The number of phosphoric ester groups is 1. The second-order valence-corrected chi connectivity index (χ2v) is 28.2. The average Bonchev–Trinajstić information content (AvgIpc) is 3.04. The Morgan fingerprint density at radius 1 is 0.400 bits per heavy atom. The minimum Gasteiger partial charge on any atom is -0.756 e. The van der Waals surface area contributed by atoms with E-state index in [0.717, 1.165) is 109 Å². The molecule has 1 N–H and O–H groups in total. The Morgan fingerprint density at radius 2 is 0.711 bits per heavy atom. The molecule has 0 aromatic carbocycles. The number of nitrogens with zero attached hydrogens (tertiary/aromatic N) is 1. The van der Waals surface area contributed by atoms with Crippen LogP contribution in [0, 0.1) is 0 Å². The van der Waals surface area contributed by atoms with Crippen molar-refractivity contribution in [3.63, 3.8) is 0 Å². The van der Waals surface area contributed by atoms with Crippen LogP contribution < -0.4 is 10.2 Å². The molecular formula is C80H145N2O7P. The monoisotopic (exact) mass is 1280 g/mol. The molecule has 90 heavy (non-hydrogen) atoms. The fraction of sp³-hybridized carbons (Fsp3) is 0.775. The van der Waals surface area contributed by atoms with E-state index < -0.39 is 26.6 Å². The van der Waals surface area contributed by atoms with Crippen LogP contribution in [0.1, 0.15) is 348 Å². The number of unbranched alkanes of at least 4 members (excludes halogenated alkanes) is 39. The van der Waals surface area contributed by atoms with E-state index in [-0.39, 0.29) is 24.9 Å². The number of rotatable bonds is 69. The molecule has 0 spiro atoms. The predicted octanol–water partition coefficient (Wildman–Crippen LogP) is 24.0. The summed E-state index contributed by atoms with van der Waals surface area (Å²) in [5.74, 6) is -0.542. The molecule has 10 heteroatoms. The van der Waals surface area contributed by atoms with Gasteiger partial charge in [-0.25, -0.2) is 0 Å². The van der Waals surface area contributed by atoms with Crippen LogP contribution in [0.4, 0.5) is 0 Å². The van der Waals surface area contributed by atoms with Crippen molar-refractivity contribution < 1.29 is 37.3 Å². The van der Waals surface area contributed by atoms with Gasteiger partial charge in [-0.05, 0) is 109 Å². The number of quaternary nitrogens is 1. The Balaban J connectivity index is 5.01. The second-order valence-electron chi connectivity index (χ2n) is 26.8. The zero-order valence-electron chi connectivity index (χ0n) is 59.8. The number of amides is 1. The molecule has 9 nitrogen and oxygen atoms in total. The zero-order chi connectivity index (χ0) is 65.6. The first-order valence-electron chi connectivity index (χ1n) is 38.0. The molecule has 0 aliphatic heterocycles. The van der Waals surface area contributed by atoms with Gasteiger partial charge in [0, 0.05) is 12.8 Å². The fourth-order valence-electron chi connectivity index (χ4n) is 10.9. The third-order valence-electron chi connectivity index (χ3n) is 16.7. The van der Waals surface area contributed by atoms with Crippen molar-refractivity contribution in [2.24, 2.45) is 0 Å². The highest BCUT2D eigenvalue weighted by Crippen LogP contribution is 2.38. The molecule has 0 radical (unpaired) electrons. The summed E-state index contributed by atoms with van der Waals surface area (Å²) in [7, 11) is 1.18. The van der Waals surface area contributed by atoms with Crippen LogP contribution >= 0.6 is 7.82 Å². The Bertz CT molecular complexity index is 1860. The first-order valence-corrected chi connectivity index (χ1v) is 39.5. The summed E-state index contributed by atoms with van der Waals surface area (Å²) in [4.78, 5) is 40.3. The van der Waals surface area contributed by atoms with E-state index in [2.05, 4.69) is 111 Å². The highest BCUT2D eigenvalue weighted by atomic mass is 31.2. The van der Waals surface area contributed by atoms with E-state index in [1.54, 1.807) is 0 Å². The standard InChI is InChI=1S/C80H145N2O7P/c1-7-10-13-16-19-22-25-28-30-32-34-36-38-40-41-43-44-46-48-50-52-54-57-60-63-66-69-72-79(83)81-77(76-88-90(85,86)87-75-74-82(4,5)6)78(71-68-65-62-59-56-27-24-21-18-15-12-9-3)89-80(84)73-70-67-64-61-58-55-53-51-49-47-45-42-39-37-35-33-31-29-26-23-20-17-14-11-8-2/h10,13,19,22,28-31,34,36,40-41,44,46,68,71,77-78H,7-9,11-12,14-18,20-21,23-27,32-33,35,37-39,42-43,45,47-67,69-70,72-76H2,1-6H3,(H-,81,83,85,86)/b13-10-,22-19-,30-28-,31-29+,36-34-,41-40-,46-44-,71-68+.